The van der Waals surface area contributed by atoms with Crippen molar-refractivity contribution < 1.29 is 13.7 Å². The molecule has 1 saturated carbocycles. The molecule has 1 aliphatic rings. The first-order chi connectivity index (χ1) is 14.7. The third-order valence-corrected chi connectivity index (χ3v) is 5.76. The van der Waals surface area contributed by atoms with E-state index < -0.39 is 0 Å². The first-order valence-electron chi connectivity index (χ1n) is 9.53. The van der Waals surface area contributed by atoms with Crippen LogP contribution in [0.2, 0.25) is 0 Å². The van der Waals surface area contributed by atoms with E-state index in [0.29, 0.717) is 45.8 Å². The summed E-state index contributed by atoms with van der Waals surface area (Å²) in [6, 6.07) is 14.4. The number of benzene rings is 2. The summed E-state index contributed by atoms with van der Waals surface area (Å²) in [6.07, 6.45) is 2.07. The van der Waals surface area contributed by atoms with E-state index in [2.05, 4.69) is 20.3 Å². The normalized spacial score (nSPS) is 13.5. The van der Waals surface area contributed by atoms with Gasteiger partial charge in [0.1, 0.15) is 11.6 Å². The summed E-state index contributed by atoms with van der Waals surface area (Å²) in [4.78, 5) is 4.48. The molecule has 0 spiro atoms. The Bertz CT molecular complexity index is 1190. The van der Waals surface area contributed by atoms with Crippen LogP contribution >= 0.6 is 11.8 Å². The molecule has 0 bridgehead atoms. The van der Waals surface area contributed by atoms with Crippen molar-refractivity contribution in [2.24, 2.45) is 0 Å². The Morgan fingerprint density at radius 3 is 2.63 bits per heavy atom. The van der Waals surface area contributed by atoms with Crippen LogP contribution in [0.3, 0.4) is 0 Å². The van der Waals surface area contributed by atoms with Crippen LogP contribution in [-0.2, 0) is 5.75 Å². The standard InChI is InChI=1S/C21H18FN5O2S/c1-28-17-9-5-3-7-15(17)19-23-18(29-26-19)12-30-21-25-24-20(27(21)13-10-11-13)14-6-2-4-8-16(14)22/h2-9,13H,10-12H2,1H3. The van der Waals surface area contributed by atoms with E-state index in [4.69, 9.17) is 9.26 Å². The Balaban J connectivity index is 1.38. The molecule has 4 aromatic rings. The predicted octanol–water partition coefficient (Wildman–Crippen LogP) is 4.77. The molecule has 0 unspecified atom stereocenters. The quantitative estimate of drug-likeness (QED) is 0.396. The van der Waals surface area contributed by atoms with Crippen LogP contribution in [0.25, 0.3) is 22.8 Å². The number of hydrogen-bond donors (Lipinski definition) is 0. The molecule has 7 nitrogen and oxygen atoms in total. The van der Waals surface area contributed by atoms with Gasteiger partial charge >= 0.3 is 0 Å². The van der Waals surface area contributed by atoms with E-state index in [1.54, 1.807) is 25.3 Å². The lowest BCUT2D eigenvalue weighted by Gasteiger charge is -2.08. The average Bonchev–Trinajstić information content (AvgIpc) is 3.35. The fourth-order valence-electron chi connectivity index (χ4n) is 3.24. The molecule has 0 N–H and O–H groups in total. The Morgan fingerprint density at radius 2 is 1.87 bits per heavy atom. The summed E-state index contributed by atoms with van der Waals surface area (Å²) in [5.41, 5.74) is 1.22. The Labute approximate surface area is 176 Å². The van der Waals surface area contributed by atoms with Crippen LogP contribution in [-0.4, -0.2) is 32.0 Å². The molecule has 1 aliphatic carbocycles. The van der Waals surface area contributed by atoms with Crippen molar-refractivity contribution in [1.82, 2.24) is 24.9 Å². The van der Waals surface area contributed by atoms with Crippen molar-refractivity contribution in [1.29, 1.82) is 0 Å². The van der Waals surface area contributed by atoms with Crippen LogP contribution in [0, 0.1) is 5.82 Å². The second-order valence-corrected chi connectivity index (χ2v) is 7.83. The van der Waals surface area contributed by atoms with Gasteiger partial charge in [0.25, 0.3) is 0 Å². The van der Waals surface area contributed by atoms with Gasteiger partial charge in [-0.25, -0.2) is 4.39 Å². The van der Waals surface area contributed by atoms with Gasteiger partial charge in [-0.3, -0.25) is 4.57 Å². The van der Waals surface area contributed by atoms with Crippen molar-refractivity contribution in [2.45, 2.75) is 29.8 Å². The number of rotatable bonds is 7. The van der Waals surface area contributed by atoms with Crippen molar-refractivity contribution in [3.05, 3.63) is 60.2 Å². The van der Waals surface area contributed by atoms with Crippen LogP contribution in [0.15, 0.2) is 58.2 Å². The van der Waals surface area contributed by atoms with E-state index in [-0.39, 0.29) is 5.82 Å². The summed E-state index contributed by atoms with van der Waals surface area (Å²) < 4.78 is 27.1. The number of nitrogens with zero attached hydrogens (tertiary/aromatic N) is 5. The molecule has 2 heterocycles. The van der Waals surface area contributed by atoms with E-state index >= 15 is 0 Å². The van der Waals surface area contributed by atoms with Gasteiger partial charge in [-0.2, -0.15) is 4.98 Å². The minimum Gasteiger partial charge on any atom is -0.496 e. The smallest absolute Gasteiger partial charge is 0.237 e. The second kappa shape index (κ2) is 7.91. The van der Waals surface area contributed by atoms with E-state index in [9.17, 15) is 4.39 Å². The summed E-state index contributed by atoms with van der Waals surface area (Å²) in [7, 11) is 1.60. The summed E-state index contributed by atoms with van der Waals surface area (Å²) in [6.45, 7) is 0. The maximum atomic E-state index is 14.3. The Morgan fingerprint density at radius 1 is 1.10 bits per heavy atom. The zero-order valence-electron chi connectivity index (χ0n) is 16.2. The van der Waals surface area contributed by atoms with Gasteiger partial charge in [0.2, 0.25) is 11.7 Å². The maximum Gasteiger partial charge on any atom is 0.237 e. The Kier molecular flexibility index (Phi) is 4.96. The lowest BCUT2D eigenvalue weighted by Crippen LogP contribution is -2.01. The second-order valence-electron chi connectivity index (χ2n) is 6.89. The fourth-order valence-corrected chi connectivity index (χ4v) is 4.09. The van der Waals surface area contributed by atoms with Gasteiger partial charge in [-0.1, -0.05) is 41.2 Å². The lowest BCUT2D eigenvalue weighted by atomic mass is 10.2. The number of hydrogen-bond acceptors (Lipinski definition) is 7. The molecule has 0 amide bonds. The highest BCUT2D eigenvalue weighted by molar-refractivity contribution is 7.98. The molecule has 1 fully saturated rings. The van der Waals surface area contributed by atoms with Crippen molar-refractivity contribution >= 4 is 11.8 Å². The largest absolute Gasteiger partial charge is 0.496 e. The maximum absolute atomic E-state index is 14.3. The van der Waals surface area contributed by atoms with Crippen LogP contribution in [0.5, 0.6) is 5.75 Å². The summed E-state index contributed by atoms with van der Waals surface area (Å²) >= 11 is 1.45. The highest BCUT2D eigenvalue weighted by Gasteiger charge is 2.31. The number of halogens is 1. The van der Waals surface area contributed by atoms with E-state index in [1.165, 1.54) is 17.8 Å². The Hall–Kier alpha value is -3.20. The first kappa shape index (κ1) is 18.8. The highest BCUT2D eigenvalue weighted by atomic mass is 32.2. The molecule has 5 rings (SSSR count). The minimum atomic E-state index is -0.304. The lowest BCUT2D eigenvalue weighted by molar-refractivity contribution is 0.390. The molecule has 0 atom stereocenters. The highest BCUT2D eigenvalue weighted by Crippen LogP contribution is 2.42. The molecular weight excluding hydrogens is 405 g/mol. The van der Waals surface area contributed by atoms with Crippen LogP contribution in [0.1, 0.15) is 24.8 Å². The number of aromatic nitrogens is 5. The van der Waals surface area contributed by atoms with Gasteiger partial charge in [-0.15, -0.1) is 10.2 Å². The molecule has 2 aromatic heterocycles. The number of ether oxygens (including phenoxy) is 1. The zero-order chi connectivity index (χ0) is 20.5. The number of thioether (sulfide) groups is 1. The third-order valence-electron chi connectivity index (χ3n) is 4.83. The summed E-state index contributed by atoms with van der Waals surface area (Å²) in [5, 5.41) is 13.4. The topological polar surface area (TPSA) is 78.9 Å². The zero-order valence-corrected chi connectivity index (χ0v) is 17.0. The molecule has 0 radical (unpaired) electrons. The van der Waals surface area contributed by atoms with Gasteiger partial charge in [0.05, 0.1) is 24.0 Å². The van der Waals surface area contributed by atoms with Crippen molar-refractivity contribution in [2.75, 3.05) is 7.11 Å². The fraction of sp³-hybridized carbons (Fsp3) is 0.238. The van der Waals surface area contributed by atoms with Crippen LogP contribution < -0.4 is 4.74 Å². The van der Waals surface area contributed by atoms with Crippen molar-refractivity contribution in [3.63, 3.8) is 0 Å². The molecule has 9 heteroatoms. The third kappa shape index (κ3) is 3.56. The van der Waals surface area contributed by atoms with Gasteiger partial charge in [-0.05, 0) is 37.1 Å². The number of methoxy groups -OCH3 is 1. The van der Waals surface area contributed by atoms with Gasteiger partial charge < -0.3 is 9.26 Å². The van der Waals surface area contributed by atoms with Crippen molar-refractivity contribution in [3.8, 4) is 28.5 Å². The van der Waals surface area contributed by atoms with Crippen LogP contribution in [0.4, 0.5) is 4.39 Å². The molecule has 0 aliphatic heterocycles. The average molecular weight is 423 g/mol. The van der Waals surface area contributed by atoms with Gasteiger partial charge in [0.15, 0.2) is 11.0 Å². The molecular formula is C21H18FN5O2S. The minimum absolute atomic E-state index is 0.295. The van der Waals surface area contributed by atoms with E-state index in [0.717, 1.165) is 18.4 Å². The SMILES string of the molecule is COc1ccccc1-c1noc(CSc2nnc(-c3ccccc3F)n2C2CC2)n1. The predicted molar refractivity (Wildman–Crippen MR) is 110 cm³/mol. The molecule has 30 heavy (non-hydrogen) atoms. The molecule has 152 valence electrons. The monoisotopic (exact) mass is 423 g/mol. The molecule has 2 aromatic carbocycles. The van der Waals surface area contributed by atoms with Gasteiger partial charge in [0, 0.05) is 6.04 Å². The molecule has 0 saturated heterocycles. The number of para-hydroxylation sites is 1. The van der Waals surface area contributed by atoms with E-state index in [1.807, 2.05) is 28.8 Å². The first-order valence-corrected chi connectivity index (χ1v) is 10.5. The summed E-state index contributed by atoms with van der Waals surface area (Å²) in [5.74, 6) is 2.31.